The number of carbonyl (C=O) groups excluding carboxylic acids is 2. The predicted octanol–water partition coefficient (Wildman–Crippen LogP) is 3.12. The Bertz CT molecular complexity index is 866. The molecule has 1 saturated heterocycles. The number of piperidine rings is 1. The van der Waals surface area contributed by atoms with Crippen LogP contribution in [-0.2, 0) is 16.0 Å². The van der Waals surface area contributed by atoms with Crippen LogP contribution in [0.1, 0.15) is 24.0 Å². The fraction of sp³-hybridized carbons (Fsp3) is 0.286. The molecule has 1 aliphatic heterocycles. The molecule has 1 fully saturated rings. The number of halogens is 1. The second-order valence-corrected chi connectivity index (χ2v) is 6.64. The number of likely N-dealkylation sites (tertiary alicyclic amines) is 1. The average Bonchev–Trinajstić information content (AvgIpc) is 2.68. The van der Waals surface area contributed by atoms with E-state index in [1.807, 2.05) is 6.07 Å². The molecule has 1 N–H and O–H groups in total. The Hall–Kier alpha value is -3.20. The van der Waals surface area contributed by atoms with Crippen LogP contribution in [0, 0.1) is 23.1 Å². The van der Waals surface area contributed by atoms with Crippen molar-refractivity contribution >= 4 is 17.5 Å². The van der Waals surface area contributed by atoms with E-state index in [0.29, 0.717) is 42.7 Å². The minimum atomic E-state index is -0.349. The number of benzene rings is 2. The number of rotatable bonds is 4. The maximum atomic E-state index is 13.2. The van der Waals surface area contributed by atoms with Crippen molar-refractivity contribution in [2.45, 2.75) is 19.3 Å². The van der Waals surface area contributed by atoms with Crippen LogP contribution in [0.5, 0.6) is 0 Å². The molecular weight excluding hydrogens is 345 g/mol. The summed E-state index contributed by atoms with van der Waals surface area (Å²) >= 11 is 0. The molecule has 3 rings (SSSR count). The molecule has 2 aromatic rings. The van der Waals surface area contributed by atoms with E-state index in [1.54, 1.807) is 41.3 Å². The molecule has 0 spiro atoms. The summed E-state index contributed by atoms with van der Waals surface area (Å²) in [4.78, 5) is 26.5. The van der Waals surface area contributed by atoms with Crippen molar-refractivity contribution < 1.29 is 14.0 Å². The molecule has 0 aliphatic carbocycles. The summed E-state index contributed by atoms with van der Waals surface area (Å²) in [6.07, 6.45) is 1.36. The van der Waals surface area contributed by atoms with Crippen molar-refractivity contribution in [3.05, 3.63) is 65.5 Å². The normalized spacial score (nSPS) is 14.4. The van der Waals surface area contributed by atoms with Gasteiger partial charge in [-0.1, -0.05) is 12.1 Å². The van der Waals surface area contributed by atoms with Gasteiger partial charge in [-0.25, -0.2) is 4.39 Å². The van der Waals surface area contributed by atoms with E-state index < -0.39 is 0 Å². The maximum Gasteiger partial charge on any atom is 0.227 e. The largest absolute Gasteiger partial charge is 0.342 e. The Morgan fingerprint density at radius 3 is 2.48 bits per heavy atom. The van der Waals surface area contributed by atoms with Crippen LogP contribution < -0.4 is 5.32 Å². The third-order valence-electron chi connectivity index (χ3n) is 4.74. The highest BCUT2D eigenvalue weighted by atomic mass is 19.1. The van der Waals surface area contributed by atoms with Gasteiger partial charge in [0.05, 0.1) is 18.1 Å². The number of hydrogen-bond donors (Lipinski definition) is 1. The highest BCUT2D eigenvalue weighted by molar-refractivity contribution is 5.92. The maximum absolute atomic E-state index is 13.2. The smallest absolute Gasteiger partial charge is 0.227 e. The molecule has 27 heavy (non-hydrogen) atoms. The monoisotopic (exact) mass is 365 g/mol. The predicted molar refractivity (Wildman–Crippen MR) is 99.2 cm³/mol. The van der Waals surface area contributed by atoms with Gasteiger partial charge in [-0.3, -0.25) is 9.59 Å². The molecule has 6 heteroatoms. The first-order valence-electron chi connectivity index (χ1n) is 8.88. The summed E-state index contributed by atoms with van der Waals surface area (Å²) in [7, 11) is 0. The van der Waals surface area contributed by atoms with Gasteiger partial charge in [-0.15, -0.1) is 0 Å². The van der Waals surface area contributed by atoms with Gasteiger partial charge in [0.25, 0.3) is 0 Å². The lowest BCUT2D eigenvalue weighted by Crippen LogP contribution is -2.42. The third-order valence-corrected chi connectivity index (χ3v) is 4.74. The van der Waals surface area contributed by atoms with E-state index in [1.165, 1.54) is 12.1 Å². The summed E-state index contributed by atoms with van der Waals surface area (Å²) in [6.45, 7) is 1.03. The van der Waals surface area contributed by atoms with Gasteiger partial charge in [-0.05, 0) is 54.8 Å². The molecule has 1 heterocycles. The van der Waals surface area contributed by atoms with Crippen molar-refractivity contribution in [1.29, 1.82) is 5.26 Å². The zero-order valence-electron chi connectivity index (χ0n) is 14.8. The second-order valence-electron chi connectivity index (χ2n) is 6.64. The van der Waals surface area contributed by atoms with E-state index >= 15 is 0 Å². The molecule has 0 aromatic heterocycles. The lowest BCUT2D eigenvalue weighted by molar-refractivity contribution is -0.133. The molecule has 1 aliphatic rings. The Morgan fingerprint density at radius 1 is 1.15 bits per heavy atom. The van der Waals surface area contributed by atoms with E-state index in [4.69, 9.17) is 5.26 Å². The van der Waals surface area contributed by atoms with Crippen LogP contribution >= 0.6 is 0 Å². The summed E-state index contributed by atoms with van der Waals surface area (Å²) in [5, 5.41) is 11.7. The van der Waals surface area contributed by atoms with Gasteiger partial charge < -0.3 is 10.2 Å². The highest BCUT2D eigenvalue weighted by Gasteiger charge is 2.27. The Labute approximate surface area is 157 Å². The van der Waals surface area contributed by atoms with Crippen molar-refractivity contribution in [3.8, 4) is 6.07 Å². The first-order valence-corrected chi connectivity index (χ1v) is 8.88. The Balaban J connectivity index is 1.49. The Morgan fingerprint density at radius 2 is 1.85 bits per heavy atom. The highest BCUT2D eigenvalue weighted by Crippen LogP contribution is 2.20. The van der Waals surface area contributed by atoms with Crippen LogP contribution in [0.15, 0.2) is 48.5 Å². The zero-order chi connectivity index (χ0) is 19.2. The number of anilines is 1. The number of carbonyl (C=O) groups is 2. The van der Waals surface area contributed by atoms with Crippen LogP contribution in [0.2, 0.25) is 0 Å². The summed E-state index contributed by atoms with van der Waals surface area (Å²) in [5.74, 6) is -0.624. The molecule has 0 bridgehead atoms. The first kappa shape index (κ1) is 18.6. The molecular formula is C21H20FN3O2. The SMILES string of the molecule is N#Cc1ccc(NC(=O)C2CCN(C(=O)Cc3cccc(F)c3)CC2)cc1. The molecule has 0 saturated carbocycles. The molecule has 2 amide bonds. The van der Waals surface area contributed by atoms with Crippen LogP contribution in [0.3, 0.4) is 0 Å². The van der Waals surface area contributed by atoms with E-state index in [-0.39, 0.29) is 30.0 Å². The fourth-order valence-corrected chi connectivity index (χ4v) is 3.20. The van der Waals surface area contributed by atoms with Gasteiger partial charge in [0.15, 0.2) is 0 Å². The van der Waals surface area contributed by atoms with Crippen molar-refractivity contribution in [1.82, 2.24) is 4.90 Å². The van der Waals surface area contributed by atoms with Crippen LogP contribution in [0.4, 0.5) is 10.1 Å². The van der Waals surface area contributed by atoms with E-state index in [2.05, 4.69) is 5.32 Å². The molecule has 0 atom stereocenters. The molecule has 2 aromatic carbocycles. The molecule has 138 valence electrons. The average molecular weight is 365 g/mol. The quantitative estimate of drug-likeness (QED) is 0.905. The molecule has 5 nitrogen and oxygen atoms in total. The van der Waals surface area contributed by atoms with Gasteiger partial charge in [0.1, 0.15) is 5.82 Å². The molecule has 0 radical (unpaired) electrons. The summed E-state index contributed by atoms with van der Waals surface area (Å²) < 4.78 is 13.2. The topological polar surface area (TPSA) is 73.2 Å². The minimum absolute atomic E-state index is 0.0495. The molecule has 0 unspecified atom stereocenters. The number of nitriles is 1. The lowest BCUT2D eigenvalue weighted by Gasteiger charge is -2.31. The number of nitrogens with zero attached hydrogens (tertiary/aromatic N) is 2. The second kappa shape index (κ2) is 8.45. The summed E-state index contributed by atoms with van der Waals surface area (Å²) in [6, 6.07) is 14.8. The van der Waals surface area contributed by atoms with Gasteiger partial charge >= 0.3 is 0 Å². The number of hydrogen-bond acceptors (Lipinski definition) is 3. The van der Waals surface area contributed by atoms with Crippen LogP contribution in [0.25, 0.3) is 0 Å². The van der Waals surface area contributed by atoms with Crippen molar-refractivity contribution in [3.63, 3.8) is 0 Å². The fourth-order valence-electron chi connectivity index (χ4n) is 3.20. The number of amides is 2. The number of nitrogens with one attached hydrogen (secondary N) is 1. The van der Waals surface area contributed by atoms with Crippen molar-refractivity contribution in [2.24, 2.45) is 5.92 Å². The first-order chi connectivity index (χ1) is 13.0. The third kappa shape index (κ3) is 4.91. The summed E-state index contributed by atoms with van der Waals surface area (Å²) in [5.41, 5.74) is 1.85. The van der Waals surface area contributed by atoms with Gasteiger partial charge in [0.2, 0.25) is 11.8 Å². The Kier molecular flexibility index (Phi) is 5.82. The van der Waals surface area contributed by atoms with Crippen LogP contribution in [-0.4, -0.2) is 29.8 Å². The van der Waals surface area contributed by atoms with E-state index in [9.17, 15) is 14.0 Å². The van der Waals surface area contributed by atoms with Gasteiger partial charge in [0, 0.05) is 24.7 Å². The lowest BCUT2D eigenvalue weighted by atomic mass is 9.95. The van der Waals surface area contributed by atoms with E-state index in [0.717, 1.165) is 0 Å². The zero-order valence-corrected chi connectivity index (χ0v) is 14.8. The van der Waals surface area contributed by atoms with Gasteiger partial charge in [-0.2, -0.15) is 5.26 Å². The van der Waals surface area contributed by atoms with Crippen molar-refractivity contribution in [2.75, 3.05) is 18.4 Å². The standard InChI is InChI=1S/C21H20FN3O2/c22-18-3-1-2-16(12-18)13-20(26)25-10-8-17(9-11-25)21(27)24-19-6-4-15(14-23)5-7-19/h1-7,12,17H,8-11,13H2,(H,24,27). The minimum Gasteiger partial charge on any atom is -0.342 e.